The van der Waals surface area contributed by atoms with Crippen molar-refractivity contribution in [1.29, 1.82) is 0 Å². The summed E-state index contributed by atoms with van der Waals surface area (Å²) in [6, 6.07) is 6.22. The van der Waals surface area contributed by atoms with Crippen LogP contribution in [-0.2, 0) is 0 Å². The molecule has 3 saturated heterocycles. The summed E-state index contributed by atoms with van der Waals surface area (Å²) >= 11 is 0. The molecule has 63 heavy (non-hydrogen) atoms. The van der Waals surface area contributed by atoms with Gasteiger partial charge in [-0.2, -0.15) is 0 Å². The lowest BCUT2D eigenvalue weighted by Crippen LogP contribution is -2.66. The molecule has 8 saturated carbocycles. The molecule has 11 fully saturated rings. The Morgan fingerprint density at radius 3 is 1.52 bits per heavy atom. The largest absolute Gasteiger partial charge is 0.315 e. The highest BCUT2D eigenvalue weighted by molar-refractivity contribution is 5.09. The Kier molecular flexibility index (Phi) is 14.7. The van der Waals surface area contributed by atoms with E-state index in [0.29, 0.717) is 5.41 Å². The first-order chi connectivity index (χ1) is 31.0. The highest BCUT2D eigenvalue weighted by Crippen LogP contribution is 2.59. The van der Waals surface area contributed by atoms with Crippen LogP contribution in [0.5, 0.6) is 0 Å². The summed E-state index contributed by atoms with van der Waals surface area (Å²) in [7, 11) is 0. The first-order valence-corrected chi connectivity index (χ1v) is 30.0. The third-order valence-corrected chi connectivity index (χ3v) is 23.8. The van der Waals surface area contributed by atoms with Gasteiger partial charge >= 0.3 is 0 Å². The van der Waals surface area contributed by atoms with Crippen LogP contribution in [0.1, 0.15) is 239 Å². The first-order valence-electron chi connectivity index (χ1n) is 30.0. The van der Waals surface area contributed by atoms with Crippen LogP contribution in [0.3, 0.4) is 0 Å². The second-order valence-corrected chi connectivity index (χ2v) is 26.7. The molecule has 4 nitrogen and oxygen atoms in total. The van der Waals surface area contributed by atoms with Gasteiger partial charge in [-0.25, -0.2) is 0 Å². The van der Waals surface area contributed by atoms with Gasteiger partial charge in [0, 0.05) is 48.8 Å². The molecule has 8 atom stereocenters. The fraction of sp³-hybridized carbons (Fsp3) is 1.00. The van der Waals surface area contributed by atoms with Crippen LogP contribution in [0.4, 0.5) is 0 Å². The summed E-state index contributed by atoms with van der Waals surface area (Å²) in [5.41, 5.74) is 0.537. The highest BCUT2D eigenvalue weighted by atomic mass is 15.2. The van der Waals surface area contributed by atoms with Gasteiger partial charge in [0.2, 0.25) is 0 Å². The van der Waals surface area contributed by atoms with E-state index in [2.05, 4.69) is 34.3 Å². The number of nitrogens with zero attached hydrogens (tertiary/aromatic N) is 2. The van der Waals surface area contributed by atoms with Crippen LogP contribution >= 0.6 is 0 Å². The van der Waals surface area contributed by atoms with E-state index in [1.807, 2.05) is 0 Å². The van der Waals surface area contributed by atoms with Gasteiger partial charge in [-0.05, 0) is 257 Å². The summed E-state index contributed by atoms with van der Waals surface area (Å²) < 4.78 is 0. The number of likely N-dealkylation sites (tertiary alicyclic amines) is 1. The minimum absolute atomic E-state index is 0.537. The molecule has 358 valence electrons. The Morgan fingerprint density at radius 2 is 0.889 bits per heavy atom. The zero-order chi connectivity index (χ0) is 42.3. The summed E-state index contributed by atoms with van der Waals surface area (Å²) in [5.74, 6) is 11.1. The Morgan fingerprint density at radius 1 is 0.397 bits per heavy atom. The highest BCUT2D eigenvalue weighted by Gasteiger charge is 2.57. The van der Waals surface area contributed by atoms with Gasteiger partial charge < -0.3 is 10.6 Å². The summed E-state index contributed by atoms with van der Waals surface area (Å²) in [6.45, 7) is 9.37. The third kappa shape index (κ3) is 9.48. The molecule has 11 rings (SSSR count). The molecule has 8 aliphatic carbocycles. The topological polar surface area (TPSA) is 30.5 Å². The number of nitrogens with one attached hydrogen (secondary N) is 2. The van der Waals surface area contributed by atoms with Crippen LogP contribution in [-0.4, -0.2) is 71.7 Å². The molecule has 0 aromatic rings. The number of piperidine rings is 3. The molecule has 0 amide bonds. The molecule has 11 aliphatic rings. The minimum atomic E-state index is 0.537. The second kappa shape index (κ2) is 20.4. The summed E-state index contributed by atoms with van der Waals surface area (Å²) in [6.07, 6.45) is 53.7. The van der Waals surface area contributed by atoms with Crippen molar-refractivity contribution in [1.82, 2.24) is 20.4 Å². The maximum absolute atomic E-state index is 3.89. The van der Waals surface area contributed by atoms with Gasteiger partial charge in [0.1, 0.15) is 0 Å². The van der Waals surface area contributed by atoms with Crippen LogP contribution in [0, 0.1) is 70.5 Å². The number of fused-ring (bicyclic) bond motifs is 3. The van der Waals surface area contributed by atoms with E-state index in [1.54, 1.807) is 103 Å². The van der Waals surface area contributed by atoms with Crippen molar-refractivity contribution >= 4 is 0 Å². The Hall–Kier alpha value is -0.160. The van der Waals surface area contributed by atoms with E-state index in [0.717, 1.165) is 107 Å². The molecule has 3 aliphatic heterocycles. The molecule has 3 heterocycles. The van der Waals surface area contributed by atoms with E-state index >= 15 is 0 Å². The van der Waals surface area contributed by atoms with Gasteiger partial charge in [-0.3, -0.25) is 9.80 Å². The van der Waals surface area contributed by atoms with Crippen molar-refractivity contribution in [3.8, 4) is 0 Å². The van der Waals surface area contributed by atoms with Crippen LogP contribution in [0.25, 0.3) is 0 Å². The molecule has 4 heteroatoms. The van der Waals surface area contributed by atoms with Crippen LogP contribution in [0.2, 0.25) is 0 Å². The minimum Gasteiger partial charge on any atom is -0.315 e. The molecule has 2 N–H and O–H groups in total. The molecule has 0 spiro atoms. The SMILES string of the molecule is CC1(C)C2CCCCC2N(C2CCCCC2)C2CCC(C3CCC(N(C4CCCCC4)C4CCC(C5CCC(C6CCC(C7CNCC8NCCCC87)CC6)CC5)CC4)CC3)CC21. The lowest BCUT2D eigenvalue weighted by molar-refractivity contribution is -0.151. The average molecular weight is 867 g/mol. The van der Waals surface area contributed by atoms with Gasteiger partial charge in [0.25, 0.3) is 0 Å². The zero-order valence-electron chi connectivity index (χ0n) is 41.7. The van der Waals surface area contributed by atoms with Gasteiger partial charge in [0.05, 0.1) is 0 Å². The molecule has 0 radical (unpaired) electrons. The fourth-order valence-electron chi connectivity index (χ4n) is 20.5. The first kappa shape index (κ1) is 45.3. The van der Waals surface area contributed by atoms with E-state index < -0.39 is 0 Å². The van der Waals surface area contributed by atoms with Crippen LogP contribution < -0.4 is 10.6 Å². The fourth-order valence-corrected chi connectivity index (χ4v) is 20.5. The van der Waals surface area contributed by atoms with Crippen molar-refractivity contribution in [3.05, 3.63) is 0 Å². The second-order valence-electron chi connectivity index (χ2n) is 26.7. The van der Waals surface area contributed by atoms with Crippen LogP contribution in [0.15, 0.2) is 0 Å². The quantitative estimate of drug-likeness (QED) is 0.254. The van der Waals surface area contributed by atoms with Crippen molar-refractivity contribution < 1.29 is 0 Å². The molecular weight excluding hydrogens is 765 g/mol. The number of hydrogen-bond donors (Lipinski definition) is 2. The Bertz CT molecular complexity index is 1400. The molecule has 0 aromatic heterocycles. The van der Waals surface area contributed by atoms with Gasteiger partial charge in [-0.1, -0.05) is 65.2 Å². The van der Waals surface area contributed by atoms with Crippen molar-refractivity contribution in [3.63, 3.8) is 0 Å². The summed E-state index contributed by atoms with van der Waals surface area (Å²) in [5, 5.41) is 7.74. The lowest BCUT2D eigenvalue weighted by Gasteiger charge is -2.64. The van der Waals surface area contributed by atoms with E-state index in [-0.39, 0.29) is 0 Å². The Balaban J connectivity index is 0.664. The molecular formula is C59H102N4. The standard InChI is InChI=1S/C59H102N4/c1-59(2)54-17-9-10-18-57(54)63(49-14-7-4-8-15-49)58-36-31-47(38-55(58)59)45-29-34-51(35-30-45)62(48-12-5-3-6-13-48)50-32-27-44(28-33-50)42-21-19-41(20-22-42)43-23-25-46(26-24-43)53-39-60-40-56-52(53)16-11-37-61-56/h41-58,60-61H,3-40H2,1-2H3. The van der Waals surface area contributed by atoms with E-state index in [4.69, 9.17) is 0 Å². The maximum atomic E-state index is 3.89. The van der Waals surface area contributed by atoms with Gasteiger partial charge in [0.15, 0.2) is 0 Å². The van der Waals surface area contributed by atoms with Crippen molar-refractivity contribution in [2.75, 3.05) is 19.6 Å². The molecule has 8 unspecified atom stereocenters. The van der Waals surface area contributed by atoms with E-state index in [1.165, 1.54) is 142 Å². The normalized spacial score (nSPS) is 47.3. The number of rotatable bonds is 8. The molecule has 0 aromatic carbocycles. The van der Waals surface area contributed by atoms with Crippen molar-refractivity contribution in [2.45, 2.75) is 281 Å². The lowest BCUT2D eigenvalue weighted by atomic mass is 9.52. The number of hydrogen-bond acceptors (Lipinski definition) is 4. The monoisotopic (exact) mass is 867 g/mol. The average Bonchev–Trinajstić information content (AvgIpc) is 3.35. The van der Waals surface area contributed by atoms with Crippen molar-refractivity contribution in [2.24, 2.45) is 70.5 Å². The Labute approximate surface area is 389 Å². The zero-order valence-corrected chi connectivity index (χ0v) is 41.7. The predicted octanol–water partition coefficient (Wildman–Crippen LogP) is 14.0. The third-order valence-electron chi connectivity index (χ3n) is 23.8. The predicted molar refractivity (Wildman–Crippen MR) is 265 cm³/mol. The van der Waals surface area contributed by atoms with E-state index in [9.17, 15) is 0 Å². The molecule has 0 bridgehead atoms. The maximum Gasteiger partial charge on any atom is 0.0223 e. The smallest absolute Gasteiger partial charge is 0.0223 e. The van der Waals surface area contributed by atoms with Gasteiger partial charge in [-0.15, -0.1) is 0 Å². The summed E-state index contributed by atoms with van der Waals surface area (Å²) in [4.78, 5) is 6.62.